The van der Waals surface area contributed by atoms with Gasteiger partial charge in [0.05, 0.1) is 11.4 Å². The number of hydrogen-bond acceptors (Lipinski definition) is 4. The maximum absolute atomic E-state index is 5.74. The Kier molecular flexibility index (Phi) is 7.82. The summed E-state index contributed by atoms with van der Waals surface area (Å²) >= 11 is 0. The second kappa shape index (κ2) is 13.5. The molecule has 0 unspecified atom stereocenters. The summed E-state index contributed by atoms with van der Waals surface area (Å²) < 4.78 is 0. The lowest BCUT2D eigenvalue weighted by Crippen LogP contribution is -2.12. The highest BCUT2D eigenvalue weighted by Crippen LogP contribution is 2.48. The Morgan fingerprint density at radius 3 is 1.75 bits per heavy atom. The number of hydrogen-bond donors (Lipinski definition) is 0. The van der Waals surface area contributed by atoms with Crippen LogP contribution >= 0.6 is 0 Å². The third-order valence-corrected chi connectivity index (χ3v) is 13.5. The van der Waals surface area contributed by atoms with Gasteiger partial charge in [0.25, 0.3) is 0 Å². The first-order chi connectivity index (χ1) is 30.0. The molecule has 12 rings (SSSR count). The zero-order chi connectivity index (χ0) is 40.9. The normalized spacial score (nSPS) is 12.5. The molecule has 0 aliphatic heterocycles. The molecule has 0 bridgehead atoms. The third kappa shape index (κ3) is 5.18. The molecule has 0 N–H and O–H groups in total. The van der Waals surface area contributed by atoms with Gasteiger partial charge in [-0.2, -0.15) is 0 Å². The summed E-state index contributed by atoms with van der Waals surface area (Å²) in [7, 11) is 0. The maximum atomic E-state index is 5.74. The van der Waals surface area contributed by atoms with Crippen LogP contribution in [-0.2, 0) is 6.42 Å². The number of benzene rings is 7. The molecule has 0 saturated heterocycles. The zero-order valence-corrected chi connectivity index (χ0v) is 34.5. The predicted molar refractivity (Wildman–Crippen MR) is 248 cm³/mol. The van der Waals surface area contributed by atoms with Gasteiger partial charge in [-0.15, -0.1) is 10.2 Å². The van der Waals surface area contributed by atoms with Gasteiger partial charge < -0.3 is 0 Å². The van der Waals surface area contributed by atoms with Crippen LogP contribution in [0, 0.1) is 38.1 Å². The molecule has 2 aromatic heterocycles. The van der Waals surface area contributed by atoms with Gasteiger partial charge in [0.1, 0.15) is 11.4 Å². The fourth-order valence-corrected chi connectivity index (χ4v) is 10.4. The van der Waals surface area contributed by atoms with E-state index in [4.69, 9.17) is 15.2 Å². The van der Waals surface area contributed by atoms with Crippen LogP contribution in [0.1, 0.15) is 44.6 Å². The molecule has 0 spiro atoms. The second-order valence-electron chi connectivity index (χ2n) is 16.7. The molecule has 0 saturated carbocycles. The first-order valence-corrected chi connectivity index (χ1v) is 21.1. The van der Waals surface area contributed by atoms with Gasteiger partial charge in [0, 0.05) is 23.1 Å². The van der Waals surface area contributed by atoms with E-state index in [9.17, 15) is 0 Å². The summed E-state index contributed by atoms with van der Waals surface area (Å²) in [5.74, 6) is 0. The SMILES string of the molecule is Cc1ccc2c(c1C)=c1c(c3c(c4c1-c1c(nc(-c5nnnc(-c6ccccc6-c6ccccc6)c5-c5ccccc5-c5ccccc5)c(C)c1C)C4)=Cc1ccccc1-3)C=2. The molecule has 3 aliphatic carbocycles. The average Bonchev–Trinajstić information content (AvgIpc) is 4.01. The second-order valence-corrected chi connectivity index (χ2v) is 16.7. The maximum Gasteiger partial charge on any atom is 0.123 e. The minimum absolute atomic E-state index is 0.732. The summed E-state index contributed by atoms with van der Waals surface area (Å²) in [6, 6.07) is 51.7. The van der Waals surface area contributed by atoms with Crippen molar-refractivity contribution in [3.05, 3.63) is 211 Å². The van der Waals surface area contributed by atoms with Crippen LogP contribution in [0.15, 0.2) is 146 Å². The Labute approximate surface area is 354 Å². The molecule has 4 heteroatoms. The summed E-state index contributed by atoms with van der Waals surface area (Å²) in [6.45, 7) is 9.02. The third-order valence-electron chi connectivity index (χ3n) is 13.5. The Bertz CT molecular complexity index is 3590. The summed E-state index contributed by atoms with van der Waals surface area (Å²) in [5.41, 5.74) is 25.0. The Morgan fingerprint density at radius 2 is 1.03 bits per heavy atom. The van der Waals surface area contributed by atoms with E-state index in [0.717, 1.165) is 73.7 Å². The summed E-state index contributed by atoms with van der Waals surface area (Å²) in [4.78, 5) is 5.74. The molecule has 0 fully saturated rings. The minimum atomic E-state index is 0.732. The van der Waals surface area contributed by atoms with Gasteiger partial charge in [-0.1, -0.05) is 146 Å². The van der Waals surface area contributed by atoms with Crippen molar-refractivity contribution >= 4 is 12.2 Å². The van der Waals surface area contributed by atoms with Crippen molar-refractivity contribution in [1.82, 2.24) is 20.4 Å². The predicted octanol–water partition coefficient (Wildman–Crippen LogP) is 11.6. The molecule has 4 nitrogen and oxygen atoms in total. The van der Waals surface area contributed by atoms with Crippen LogP contribution in [0.25, 0.3) is 90.4 Å². The smallest absolute Gasteiger partial charge is 0.123 e. The summed E-state index contributed by atoms with van der Waals surface area (Å²) in [5, 5.41) is 19.8. The first-order valence-electron chi connectivity index (χ1n) is 21.1. The van der Waals surface area contributed by atoms with Gasteiger partial charge in [0.15, 0.2) is 0 Å². The number of fused-ring (bicyclic) bond motifs is 11. The molecule has 0 radical (unpaired) electrons. The van der Waals surface area contributed by atoms with Crippen molar-refractivity contribution in [2.24, 2.45) is 0 Å². The minimum Gasteiger partial charge on any atom is -0.250 e. The van der Waals surface area contributed by atoms with E-state index in [2.05, 4.69) is 191 Å². The van der Waals surface area contributed by atoms with Gasteiger partial charge in [-0.05, 0) is 149 Å². The Hall–Kier alpha value is -7.56. The van der Waals surface area contributed by atoms with Crippen molar-refractivity contribution in [1.29, 1.82) is 0 Å². The Morgan fingerprint density at radius 1 is 0.426 bits per heavy atom. The highest BCUT2D eigenvalue weighted by molar-refractivity contribution is 6.00. The number of aromatic nitrogens is 4. The van der Waals surface area contributed by atoms with E-state index in [1.807, 2.05) is 0 Å². The van der Waals surface area contributed by atoms with Crippen LogP contribution in [0.4, 0.5) is 0 Å². The fraction of sp³-hybridized carbons (Fsp3) is 0.0877. The largest absolute Gasteiger partial charge is 0.250 e. The molecule has 61 heavy (non-hydrogen) atoms. The van der Waals surface area contributed by atoms with Gasteiger partial charge >= 0.3 is 0 Å². The van der Waals surface area contributed by atoms with Crippen molar-refractivity contribution < 1.29 is 0 Å². The molecular formula is C57H40N4. The highest BCUT2D eigenvalue weighted by atomic mass is 15.3. The fourth-order valence-electron chi connectivity index (χ4n) is 10.4. The van der Waals surface area contributed by atoms with Gasteiger partial charge in [0.2, 0.25) is 0 Å². The molecular weight excluding hydrogens is 741 g/mol. The van der Waals surface area contributed by atoms with Crippen LogP contribution in [0.5, 0.6) is 0 Å². The van der Waals surface area contributed by atoms with E-state index in [1.165, 1.54) is 76.5 Å². The standard InChI is InChI=1S/C57H40N4/c1-32-27-28-39-30-47-51-42-24-12-11-21-38(42)29-45(51)46-31-48-50(52(46)53(47)49(39)33(32)2)34(3)35(4)55(58-48)57-54(43-25-15-13-22-40(43)36-17-7-5-8-18-36)56(59-61-60-57)44-26-16-14-23-41(44)37-19-9-6-10-20-37/h5-30H,31H2,1-4H3. The Balaban J connectivity index is 1.16. The van der Waals surface area contributed by atoms with Crippen molar-refractivity contribution in [3.8, 4) is 78.3 Å². The summed E-state index contributed by atoms with van der Waals surface area (Å²) in [6.07, 6.45) is 5.58. The quantitative estimate of drug-likeness (QED) is 0.175. The lowest BCUT2D eigenvalue weighted by molar-refractivity contribution is 0.873. The van der Waals surface area contributed by atoms with E-state index >= 15 is 0 Å². The molecule has 0 atom stereocenters. The monoisotopic (exact) mass is 780 g/mol. The lowest BCUT2D eigenvalue weighted by atomic mass is 9.86. The van der Waals surface area contributed by atoms with Crippen LogP contribution in [0.3, 0.4) is 0 Å². The molecule has 288 valence electrons. The van der Waals surface area contributed by atoms with Crippen LogP contribution in [0.2, 0.25) is 0 Å². The number of nitrogens with zero attached hydrogens (tertiary/aromatic N) is 4. The van der Waals surface area contributed by atoms with Gasteiger partial charge in [-0.3, -0.25) is 0 Å². The van der Waals surface area contributed by atoms with Crippen molar-refractivity contribution in [2.75, 3.05) is 0 Å². The number of aryl methyl sites for hydroxylation is 1. The van der Waals surface area contributed by atoms with Gasteiger partial charge in [-0.25, -0.2) is 4.98 Å². The van der Waals surface area contributed by atoms with Crippen LogP contribution in [-0.4, -0.2) is 20.4 Å². The number of pyridine rings is 1. The van der Waals surface area contributed by atoms with E-state index in [-0.39, 0.29) is 0 Å². The molecule has 2 heterocycles. The van der Waals surface area contributed by atoms with Crippen LogP contribution < -0.4 is 10.4 Å². The lowest BCUT2D eigenvalue weighted by Gasteiger charge is -2.20. The van der Waals surface area contributed by atoms with Crippen molar-refractivity contribution in [3.63, 3.8) is 0 Å². The van der Waals surface area contributed by atoms with E-state index in [1.54, 1.807) is 0 Å². The average molecular weight is 781 g/mol. The van der Waals surface area contributed by atoms with E-state index < -0.39 is 0 Å². The topological polar surface area (TPSA) is 51.6 Å². The number of rotatable bonds is 5. The van der Waals surface area contributed by atoms with E-state index in [0.29, 0.717) is 0 Å². The zero-order valence-electron chi connectivity index (χ0n) is 34.5. The molecule has 9 aromatic rings. The first kappa shape index (κ1) is 35.4. The molecule has 0 amide bonds. The molecule has 3 aliphatic rings. The highest BCUT2D eigenvalue weighted by Gasteiger charge is 2.34. The van der Waals surface area contributed by atoms with Crippen molar-refractivity contribution in [2.45, 2.75) is 34.1 Å². The molecule has 7 aromatic carbocycles.